The zero-order chi connectivity index (χ0) is 25.6. The molecule has 1 fully saturated rings. The predicted octanol–water partition coefficient (Wildman–Crippen LogP) is 6.21. The first kappa shape index (κ1) is 24.9. The standard InChI is InChI=1S/C31H35N3O3/c1-23(2)37-29-13-10-24(11-14-29)20-34(22-30-8-5-17-36-30)31(35)32-28-15-16-33(21-28)19-25-9-12-26-6-3-4-7-27(26)18-25/h3-14,17-18,23,28H,15-16,19-22H2,1-2H3,(H,32,35). The third kappa shape index (κ3) is 6.71. The monoisotopic (exact) mass is 497 g/mol. The Labute approximate surface area is 218 Å². The third-order valence-electron chi connectivity index (χ3n) is 6.70. The molecule has 0 aliphatic carbocycles. The summed E-state index contributed by atoms with van der Waals surface area (Å²) in [6, 6.07) is 26.9. The molecule has 1 atom stereocenters. The van der Waals surface area contributed by atoms with Crippen molar-refractivity contribution in [1.82, 2.24) is 15.1 Å². The Morgan fingerprint density at radius 2 is 1.78 bits per heavy atom. The maximum absolute atomic E-state index is 13.4. The largest absolute Gasteiger partial charge is 0.491 e. The van der Waals surface area contributed by atoms with Gasteiger partial charge in [0.1, 0.15) is 11.5 Å². The number of carbonyl (C=O) groups excluding carboxylic acids is 1. The molecule has 6 nitrogen and oxygen atoms in total. The molecular weight excluding hydrogens is 462 g/mol. The molecule has 4 aromatic rings. The highest BCUT2D eigenvalue weighted by molar-refractivity contribution is 5.83. The molecular formula is C31H35N3O3. The molecule has 2 heterocycles. The average molecular weight is 498 g/mol. The Morgan fingerprint density at radius 1 is 1.00 bits per heavy atom. The SMILES string of the molecule is CC(C)Oc1ccc(CN(Cc2ccco2)C(=O)NC2CCN(Cc3ccc4ccccc4c3)C2)cc1. The fourth-order valence-corrected chi connectivity index (χ4v) is 4.91. The Kier molecular flexibility index (Phi) is 7.76. The van der Waals surface area contributed by atoms with Gasteiger partial charge in [-0.3, -0.25) is 4.90 Å². The number of nitrogens with one attached hydrogen (secondary N) is 1. The number of nitrogens with zero attached hydrogens (tertiary/aromatic N) is 2. The van der Waals surface area contributed by atoms with Crippen molar-refractivity contribution >= 4 is 16.8 Å². The van der Waals surface area contributed by atoms with Crippen LogP contribution in [0, 0.1) is 0 Å². The van der Waals surface area contributed by atoms with E-state index in [1.165, 1.54) is 16.3 Å². The van der Waals surface area contributed by atoms with Crippen molar-refractivity contribution in [3.8, 4) is 5.75 Å². The third-order valence-corrected chi connectivity index (χ3v) is 6.70. The molecule has 2 amide bonds. The van der Waals surface area contributed by atoms with Crippen LogP contribution in [0.2, 0.25) is 0 Å². The van der Waals surface area contributed by atoms with Gasteiger partial charge in [-0.25, -0.2) is 4.79 Å². The summed E-state index contributed by atoms with van der Waals surface area (Å²) in [7, 11) is 0. The number of hydrogen-bond acceptors (Lipinski definition) is 4. The van der Waals surface area contributed by atoms with E-state index >= 15 is 0 Å². The van der Waals surface area contributed by atoms with E-state index < -0.39 is 0 Å². The zero-order valence-electron chi connectivity index (χ0n) is 21.6. The van der Waals surface area contributed by atoms with E-state index in [2.05, 4.69) is 52.7 Å². The van der Waals surface area contributed by atoms with Crippen LogP contribution in [0.5, 0.6) is 5.75 Å². The number of furan rings is 1. The Hall–Kier alpha value is -3.77. The van der Waals surface area contributed by atoms with Gasteiger partial charge in [-0.1, -0.05) is 48.5 Å². The molecule has 3 aromatic carbocycles. The summed E-state index contributed by atoms with van der Waals surface area (Å²) in [5, 5.41) is 5.80. The van der Waals surface area contributed by atoms with E-state index in [1.54, 1.807) is 6.26 Å². The molecule has 5 rings (SSSR count). The van der Waals surface area contributed by atoms with Gasteiger partial charge < -0.3 is 19.4 Å². The van der Waals surface area contributed by atoms with Gasteiger partial charge in [-0.05, 0) is 72.5 Å². The second-order valence-electron chi connectivity index (χ2n) is 10.1. The van der Waals surface area contributed by atoms with Gasteiger partial charge in [0.2, 0.25) is 0 Å². The first-order valence-corrected chi connectivity index (χ1v) is 13.1. The normalized spacial score (nSPS) is 15.8. The number of likely N-dealkylation sites (tertiary alicyclic amines) is 1. The van der Waals surface area contributed by atoms with E-state index in [9.17, 15) is 4.79 Å². The van der Waals surface area contributed by atoms with Crippen molar-refractivity contribution in [2.45, 2.75) is 52.0 Å². The van der Waals surface area contributed by atoms with Gasteiger partial charge in [-0.2, -0.15) is 0 Å². The topological polar surface area (TPSA) is 58.0 Å². The Balaban J connectivity index is 1.20. The van der Waals surface area contributed by atoms with E-state index in [-0.39, 0.29) is 18.2 Å². The van der Waals surface area contributed by atoms with E-state index in [0.29, 0.717) is 13.1 Å². The summed E-state index contributed by atoms with van der Waals surface area (Å²) >= 11 is 0. The highest BCUT2D eigenvalue weighted by Gasteiger charge is 2.26. The number of rotatable bonds is 9. The van der Waals surface area contributed by atoms with Crippen LogP contribution in [0.4, 0.5) is 4.79 Å². The van der Waals surface area contributed by atoms with Gasteiger partial charge in [0, 0.05) is 32.2 Å². The molecule has 192 valence electrons. The number of urea groups is 1. The van der Waals surface area contributed by atoms with Crippen LogP contribution in [0.1, 0.15) is 37.2 Å². The van der Waals surface area contributed by atoms with Gasteiger partial charge in [0.25, 0.3) is 0 Å². The van der Waals surface area contributed by atoms with Crippen molar-refractivity contribution in [3.63, 3.8) is 0 Å². The predicted molar refractivity (Wildman–Crippen MR) is 146 cm³/mol. The minimum absolute atomic E-state index is 0.0727. The lowest BCUT2D eigenvalue weighted by Crippen LogP contribution is -2.45. The van der Waals surface area contributed by atoms with Crippen molar-refractivity contribution in [2.75, 3.05) is 13.1 Å². The smallest absolute Gasteiger partial charge is 0.318 e. The summed E-state index contributed by atoms with van der Waals surface area (Å²) in [5.74, 6) is 1.59. The molecule has 0 spiro atoms. The fraction of sp³-hybridized carbons (Fsp3) is 0.323. The van der Waals surface area contributed by atoms with Crippen LogP contribution in [0.15, 0.2) is 89.5 Å². The van der Waals surface area contributed by atoms with Crippen LogP contribution in [0.25, 0.3) is 10.8 Å². The fourth-order valence-electron chi connectivity index (χ4n) is 4.91. The summed E-state index contributed by atoms with van der Waals surface area (Å²) in [6.07, 6.45) is 2.71. The minimum Gasteiger partial charge on any atom is -0.491 e. The molecule has 6 heteroatoms. The highest BCUT2D eigenvalue weighted by Crippen LogP contribution is 2.20. The second-order valence-corrected chi connectivity index (χ2v) is 10.1. The van der Waals surface area contributed by atoms with Crippen LogP contribution in [-0.2, 0) is 19.6 Å². The van der Waals surface area contributed by atoms with Crippen LogP contribution in [-0.4, -0.2) is 41.1 Å². The number of fused-ring (bicyclic) bond motifs is 1. The number of ether oxygens (including phenoxy) is 1. The molecule has 1 aromatic heterocycles. The Bertz CT molecular complexity index is 1300. The van der Waals surface area contributed by atoms with Gasteiger partial charge in [-0.15, -0.1) is 0 Å². The summed E-state index contributed by atoms with van der Waals surface area (Å²) in [5.41, 5.74) is 2.34. The summed E-state index contributed by atoms with van der Waals surface area (Å²) < 4.78 is 11.3. The van der Waals surface area contributed by atoms with E-state index in [4.69, 9.17) is 9.15 Å². The molecule has 0 bridgehead atoms. The van der Waals surface area contributed by atoms with Crippen LogP contribution in [0.3, 0.4) is 0 Å². The number of hydrogen-bond donors (Lipinski definition) is 1. The second kappa shape index (κ2) is 11.5. The molecule has 0 radical (unpaired) electrons. The quantitative estimate of drug-likeness (QED) is 0.299. The summed E-state index contributed by atoms with van der Waals surface area (Å²) in [4.78, 5) is 17.6. The number of amides is 2. The number of benzene rings is 3. The molecule has 1 saturated heterocycles. The molecule has 37 heavy (non-hydrogen) atoms. The lowest BCUT2D eigenvalue weighted by atomic mass is 10.1. The summed E-state index contributed by atoms with van der Waals surface area (Å²) in [6.45, 7) is 7.61. The lowest BCUT2D eigenvalue weighted by Gasteiger charge is -2.25. The maximum Gasteiger partial charge on any atom is 0.318 e. The zero-order valence-corrected chi connectivity index (χ0v) is 21.6. The molecule has 1 aliphatic heterocycles. The first-order valence-electron chi connectivity index (χ1n) is 13.1. The van der Waals surface area contributed by atoms with Crippen LogP contribution < -0.4 is 10.1 Å². The Morgan fingerprint density at radius 3 is 2.54 bits per heavy atom. The molecule has 1 aliphatic rings. The van der Waals surface area contributed by atoms with Gasteiger partial charge >= 0.3 is 6.03 Å². The molecule has 0 saturated carbocycles. The first-order chi connectivity index (χ1) is 18.0. The molecule has 1 unspecified atom stereocenters. The van der Waals surface area contributed by atoms with Gasteiger partial charge in [0.15, 0.2) is 0 Å². The van der Waals surface area contributed by atoms with Crippen molar-refractivity contribution in [3.05, 3.63) is 102 Å². The van der Waals surface area contributed by atoms with Crippen molar-refractivity contribution < 1.29 is 13.9 Å². The van der Waals surface area contributed by atoms with Crippen molar-refractivity contribution in [1.29, 1.82) is 0 Å². The highest BCUT2D eigenvalue weighted by atomic mass is 16.5. The van der Waals surface area contributed by atoms with Crippen molar-refractivity contribution in [2.24, 2.45) is 0 Å². The van der Waals surface area contributed by atoms with E-state index in [1.807, 2.05) is 55.1 Å². The average Bonchev–Trinajstić information content (AvgIpc) is 3.56. The minimum atomic E-state index is -0.0727. The maximum atomic E-state index is 13.4. The van der Waals surface area contributed by atoms with Crippen LogP contribution >= 0.6 is 0 Å². The molecule has 1 N–H and O–H groups in total. The van der Waals surface area contributed by atoms with E-state index in [0.717, 1.165) is 43.1 Å². The van der Waals surface area contributed by atoms with Gasteiger partial charge in [0.05, 0.1) is 18.9 Å². The number of carbonyl (C=O) groups is 1. The lowest BCUT2D eigenvalue weighted by molar-refractivity contribution is 0.183.